The van der Waals surface area contributed by atoms with Gasteiger partial charge in [-0.25, -0.2) is 15.0 Å². The van der Waals surface area contributed by atoms with Crippen molar-refractivity contribution >= 4 is 11.8 Å². The topological polar surface area (TPSA) is 76.5 Å². The maximum absolute atomic E-state index is 5.46. The van der Waals surface area contributed by atoms with E-state index in [0.29, 0.717) is 13.2 Å². The molecule has 2 aromatic rings. The highest BCUT2D eigenvalue weighted by Crippen LogP contribution is 2.25. The highest BCUT2D eigenvalue weighted by Gasteiger charge is 2.20. The van der Waals surface area contributed by atoms with Crippen LogP contribution in [0.5, 0.6) is 0 Å². The Bertz CT molecular complexity index is 675. The summed E-state index contributed by atoms with van der Waals surface area (Å²) in [4.78, 5) is 22.6. The van der Waals surface area contributed by atoms with Crippen molar-refractivity contribution in [1.29, 1.82) is 0 Å². The highest BCUT2D eigenvalue weighted by atomic mass is 16.5. The number of morpholine rings is 2. The quantitative estimate of drug-likeness (QED) is 0.815. The van der Waals surface area contributed by atoms with Gasteiger partial charge in [0.05, 0.1) is 32.1 Å². The lowest BCUT2D eigenvalue weighted by Gasteiger charge is -2.31. The van der Waals surface area contributed by atoms with Gasteiger partial charge in [-0.3, -0.25) is 0 Å². The first kappa shape index (κ1) is 16.2. The van der Waals surface area contributed by atoms with Gasteiger partial charge in [-0.1, -0.05) is 0 Å². The third-order valence-electron chi connectivity index (χ3n) is 4.41. The van der Waals surface area contributed by atoms with Gasteiger partial charge in [0.2, 0.25) is 5.95 Å². The fourth-order valence-electron chi connectivity index (χ4n) is 2.95. The Balaban J connectivity index is 1.72. The van der Waals surface area contributed by atoms with Crippen LogP contribution in [-0.2, 0) is 9.47 Å². The molecule has 8 nitrogen and oxygen atoms in total. The fraction of sp³-hybridized carbons (Fsp3) is 0.529. The van der Waals surface area contributed by atoms with Gasteiger partial charge in [0.1, 0.15) is 11.6 Å². The Kier molecular flexibility index (Phi) is 4.71. The van der Waals surface area contributed by atoms with Crippen LogP contribution in [-0.4, -0.2) is 72.5 Å². The van der Waals surface area contributed by atoms with Gasteiger partial charge in [-0.05, 0) is 6.92 Å². The molecule has 0 N–H and O–H groups in total. The summed E-state index contributed by atoms with van der Waals surface area (Å²) in [5.41, 5.74) is 1.75. The summed E-state index contributed by atoms with van der Waals surface area (Å²) in [6, 6.07) is 2.02. The van der Waals surface area contributed by atoms with Crippen LogP contribution in [0, 0.1) is 6.92 Å². The number of anilines is 2. The lowest BCUT2D eigenvalue weighted by atomic mass is 10.2. The first-order valence-corrected chi connectivity index (χ1v) is 8.63. The van der Waals surface area contributed by atoms with Crippen molar-refractivity contribution in [2.75, 3.05) is 62.4 Å². The van der Waals surface area contributed by atoms with E-state index >= 15 is 0 Å². The summed E-state index contributed by atoms with van der Waals surface area (Å²) in [6.45, 7) is 8.00. The van der Waals surface area contributed by atoms with Crippen molar-refractivity contribution in [3.8, 4) is 11.3 Å². The van der Waals surface area contributed by atoms with E-state index in [1.54, 1.807) is 0 Å². The number of hydrogen-bond acceptors (Lipinski definition) is 8. The molecule has 0 amide bonds. The van der Waals surface area contributed by atoms with Crippen LogP contribution in [0.25, 0.3) is 11.3 Å². The predicted octanol–water partition coefficient (Wildman–Crippen LogP) is 0.915. The lowest BCUT2D eigenvalue weighted by molar-refractivity contribution is 0.121. The van der Waals surface area contributed by atoms with E-state index in [-0.39, 0.29) is 0 Å². The van der Waals surface area contributed by atoms with Gasteiger partial charge in [0, 0.05) is 50.2 Å². The monoisotopic (exact) mass is 342 g/mol. The lowest BCUT2D eigenvalue weighted by Crippen LogP contribution is -2.39. The molecule has 0 aromatic carbocycles. The molecule has 0 saturated carbocycles. The average Bonchev–Trinajstić information content (AvgIpc) is 2.69. The molecule has 4 rings (SSSR count). The van der Waals surface area contributed by atoms with Crippen LogP contribution in [0.15, 0.2) is 18.5 Å². The van der Waals surface area contributed by atoms with Crippen LogP contribution in [0.4, 0.5) is 11.8 Å². The summed E-state index contributed by atoms with van der Waals surface area (Å²) < 4.78 is 10.9. The van der Waals surface area contributed by atoms with Gasteiger partial charge in [0.15, 0.2) is 0 Å². The van der Waals surface area contributed by atoms with E-state index in [4.69, 9.17) is 19.4 Å². The molecule has 0 bridgehead atoms. The smallest absolute Gasteiger partial charge is 0.228 e. The summed E-state index contributed by atoms with van der Waals surface area (Å²) in [6.07, 6.45) is 3.63. The molecule has 0 radical (unpaired) electrons. The van der Waals surface area contributed by atoms with Gasteiger partial charge >= 0.3 is 0 Å². The molecule has 132 valence electrons. The second-order valence-corrected chi connectivity index (χ2v) is 6.13. The minimum atomic E-state index is 0.702. The molecule has 2 saturated heterocycles. The molecule has 2 fully saturated rings. The zero-order valence-electron chi connectivity index (χ0n) is 14.4. The maximum Gasteiger partial charge on any atom is 0.228 e. The maximum atomic E-state index is 5.46. The van der Waals surface area contributed by atoms with E-state index < -0.39 is 0 Å². The third kappa shape index (κ3) is 3.69. The van der Waals surface area contributed by atoms with E-state index in [0.717, 1.165) is 68.2 Å². The Morgan fingerprint density at radius 2 is 1.44 bits per heavy atom. The molecule has 0 spiro atoms. The van der Waals surface area contributed by atoms with Crippen LogP contribution in [0.1, 0.15) is 5.82 Å². The molecule has 2 aliphatic heterocycles. The van der Waals surface area contributed by atoms with E-state index in [1.165, 1.54) is 0 Å². The SMILES string of the molecule is Cc1ncc(-c2cc(N3CCOCC3)nc(N3CCOCC3)n2)cn1. The second-order valence-electron chi connectivity index (χ2n) is 6.13. The van der Waals surface area contributed by atoms with Crippen LogP contribution < -0.4 is 9.80 Å². The number of ether oxygens (including phenoxy) is 2. The van der Waals surface area contributed by atoms with Crippen LogP contribution >= 0.6 is 0 Å². The van der Waals surface area contributed by atoms with Crippen molar-refractivity contribution in [3.05, 3.63) is 24.3 Å². The molecule has 8 heteroatoms. The third-order valence-corrected chi connectivity index (χ3v) is 4.41. The number of aryl methyl sites for hydroxylation is 1. The number of aromatic nitrogens is 4. The zero-order chi connectivity index (χ0) is 17.1. The van der Waals surface area contributed by atoms with Crippen molar-refractivity contribution in [2.45, 2.75) is 6.92 Å². The van der Waals surface area contributed by atoms with E-state index in [1.807, 2.05) is 25.4 Å². The molecule has 0 unspecified atom stereocenters. The summed E-state index contributed by atoms with van der Waals surface area (Å²) >= 11 is 0. The minimum Gasteiger partial charge on any atom is -0.378 e. The molecule has 2 aromatic heterocycles. The minimum absolute atomic E-state index is 0.702. The highest BCUT2D eigenvalue weighted by molar-refractivity contribution is 5.64. The number of hydrogen-bond donors (Lipinski definition) is 0. The van der Waals surface area contributed by atoms with Crippen LogP contribution in [0.3, 0.4) is 0 Å². The molecule has 0 aliphatic carbocycles. The molecule has 0 atom stereocenters. The van der Waals surface area contributed by atoms with E-state index in [9.17, 15) is 0 Å². The largest absolute Gasteiger partial charge is 0.378 e. The first-order valence-electron chi connectivity index (χ1n) is 8.63. The summed E-state index contributed by atoms with van der Waals surface area (Å²) in [5, 5.41) is 0. The molecular formula is C17H22N6O2. The standard InChI is InChI=1S/C17H22N6O2/c1-13-18-11-14(12-19-13)15-10-16(22-2-6-24-7-3-22)21-17(20-15)23-4-8-25-9-5-23/h10-12H,2-9H2,1H3. The van der Waals surface area contributed by atoms with Gasteiger partial charge in [-0.2, -0.15) is 4.98 Å². The Labute approximate surface area is 146 Å². The molecule has 25 heavy (non-hydrogen) atoms. The molecular weight excluding hydrogens is 320 g/mol. The normalized spacial score (nSPS) is 18.4. The van der Waals surface area contributed by atoms with Gasteiger partial charge in [0.25, 0.3) is 0 Å². The number of nitrogens with zero attached hydrogens (tertiary/aromatic N) is 6. The summed E-state index contributed by atoms with van der Waals surface area (Å²) in [7, 11) is 0. The summed E-state index contributed by atoms with van der Waals surface area (Å²) in [5.74, 6) is 2.41. The molecule has 4 heterocycles. The van der Waals surface area contributed by atoms with Crippen molar-refractivity contribution in [3.63, 3.8) is 0 Å². The first-order chi connectivity index (χ1) is 12.3. The Hall–Kier alpha value is -2.32. The van der Waals surface area contributed by atoms with Crippen molar-refractivity contribution in [1.82, 2.24) is 19.9 Å². The average molecular weight is 342 g/mol. The van der Waals surface area contributed by atoms with Crippen LogP contribution in [0.2, 0.25) is 0 Å². The van der Waals surface area contributed by atoms with Gasteiger partial charge in [-0.15, -0.1) is 0 Å². The van der Waals surface area contributed by atoms with Gasteiger partial charge < -0.3 is 19.3 Å². The molecule has 2 aliphatic rings. The zero-order valence-corrected chi connectivity index (χ0v) is 14.4. The van der Waals surface area contributed by atoms with Crippen molar-refractivity contribution < 1.29 is 9.47 Å². The predicted molar refractivity (Wildman–Crippen MR) is 93.9 cm³/mol. The Morgan fingerprint density at radius 1 is 0.840 bits per heavy atom. The fourth-order valence-corrected chi connectivity index (χ4v) is 2.95. The number of rotatable bonds is 3. The second kappa shape index (κ2) is 7.28. The van der Waals surface area contributed by atoms with Crippen molar-refractivity contribution in [2.24, 2.45) is 0 Å². The van der Waals surface area contributed by atoms with E-state index in [2.05, 4.69) is 19.8 Å². The Morgan fingerprint density at radius 3 is 2.08 bits per heavy atom.